The van der Waals surface area contributed by atoms with Gasteiger partial charge in [-0.1, -0.05) is 24.3 Å². The van der Waals surface area contributed by atoms with Gasteiger partial charge in [-0.25, -0.2) is 0 Å². The molecule has 1 heterocycles. The molecule has 1 aromatic carbocycles. The van der Waals surface area contributed by atoms with Gasteiger partial charge in [-0.2, -0.15) is 0 Å². The van der Waals surface area contributed by atoms with Crippen molar-refractivity contribution in [3.05, 3.63) is 35.4 Å². The summed E-state index contributed by atoms with van der Waals surface area (Å²) in [4.78, 5) is 2.45. The predicted octanol–water partition coefficient (Wildman–Crippen LogP) is 2.80. The number of rotatable bonds is 7. The number of hydrogen-bond donors (Lipinski definition) is 1. The fraction of sp³-hybridized carbons (Fsp3) is 0.667. The highest BCUT2D eigenvalue weighted by Gasteiger charge is 2.21. The minimum Gasteiger partial charge on any atom is -0.381 e. The molecule has 1 unspecified atom stereocenters. The van der Waals surface area contributed by atoms with E-state index < -0.39 is 0 Å². The van der Waals surface area contributed by atoms with E-state index in [0.29, 0.717) is 5.92 Å². The number of ether oxygens (including phenoxy) is 1. The average molecular weight is 288 g/mol. The highest BCUT2D eigenvalue weighted by Crippen LogP contribution is 2.21. The molecule has 0 amide bonds. The van der Waals surface area contributed by atoms with E-state index in [4.69, 9.17) is 4.74 Å². The molecule has 1 aliphatic carbocycles. The Morgan fingerprint density at radius 1 is 1.19 bits per heavy atom. The minimum atomic E-state index is 0.709. The Bertz CT molecular complexity index is 439. The number of nitrogens with one attached hydrogen (secondary N) is 1. The summed E-state index contributed by atoms with van der Waals surface area (Å²) in [7, 11) is 2.24. The molecule has 3 heteroatoms. The van der Waals surface area contributed by atoms with Crippen LogP contribution in [0.15, 0.2) is 24.3 Å². The lowest BCUT2D eigenvalue weighted by Gasteiger charge is -2.27. The monoisotopic (exact) mass is 288 g/mol. The molecule has 1 aromatic rings. The van der Waals surface area contributed by atoms with Crippen LogP contribution in [0.4, 0.5) is 0 Å². The quantitative estimate of drug-likeness (QED) is 0.835. The lowest BCUT2D eigenvalue weighted by Crippen LogP contribution is -2.31. The summed E-state index contributed by atoms with van der Waals surface area (Å²) >= 11 is 0. The van der Waals surface area contributed by atoms with Crippen molar-refractivity contribution >= 4 is 0 Å². The van der Waals surface area contributed by atoms with Crippen LogP contribution >= 0.6 is 0 Å². The van der Waals surface area contributed by atoms with Gasteiger partial charge in [-0.05, 0) is 49.8 Å². The largest absolute Gasteiger partial charge is 0.381 e. The SMILES string of the molecule is CN(Cc1ccccc1CNC1CC1)CC1CCCOC1. The van der Waals surface area contributed by atoms with Crippen molar-refractivity contribution in [3.63, 3.8) is 0 Å². The van der Waals surface area contributed by atoms with Crippen LogP contribution in [0, 0.1) is 5.92 Å². The fourth-order valence-corrected chi connectivity index (χ4v) is 3.17. The maximum Gasteiger partial charge on any atom is 0.0506 e. The predicted molar refractivity (Wildman–Crippen MR) is 86.2 cm³/mol. The van der Waals surface area contributed by atoms with Gasteiger partial charge >= 0.3 is 0 Å². The molecule has 21 heavy (non-hydrogen) atoms. The molecule has 1 saturated heterocycles. The summed E-state index contributed by atoms with van der Waals surface area (Å²) in [6.07, 6.45) is 5.24. The van der Waals surface area contributed by atoms with E-state index >= 15 is 0 Å². The van der Waals surface area contributed by atoms with Crippen LogP contribution in [0.2, 0.25) is 0 Å². The van der Waals surface area contributed by atoms with Gasteiger partial charge in [-0.3, -0.25) is 0 Å². The summed E-state index contributed by atoms with van der Waals surface area (Å²) in [6, 6.07) is 9.63. The first-order valence-corrected chi connectivity index (χ1v) is 8.37. The van der Waals surface area contributed by atoms with Gasteiger partial charge in [0.25, 0.3) is 0 Å². The second kappa shape index (κ2) is 7.39. The Balaban J connectivity index is 1.52. The van der Waals surface area contributed by atoms with Crippen molar-refractivity contribution in [3.8, 4) is 0 Å². The lowest BCUT2D eigenvalue weighted by atomic mass is 10.0. The van der Waals surface area contributed by atoms with E-state index in [0.717, 1.165) is 38.9 Å². The molecule has 3 rings (SSSR count). The average Bonchev–Trinajstić information content (AvgIpc) is 3.31. The van der Waals surface area contributed by atoms with Crippen molar-refractivity contribution in [1.82, 2.24) is 10.2 Å². The summed E-state index contributed by atoms with van der Waals surface area (Å²) in [5.74, 6) is 0.709. The van der Waals surface area contributed by atoms with Gasteiger partial charge < -0.3 is 15.0 Å². The maximum atomic E-state index is 5.59. The molecule has 2 aliphatic rings. The van der Waals surface area contributed by atoms with Crippen LogP contribution in [-0.2, 0) is 17.8 Å². The summed E-state index contributed by atoms with van der Waals surface area (Å²) in [6.45, 7) is 5.09. The van der Waals surface area contributed by atoms with Gasteiger partial charge in [0.05, 0.1) is 6.61 Å². The van der Waals surface area contributed by atoms with E-state index in [1.807, 2.05) is 0 Å². The van der Waals surface area contributed by atoms with E-state index in [1.54, 1.807) is 0 Å². The third-order valence-electron chi connectivity index (χ3n) is 4.54. The van der Waals surface area contributed by atoms with Gasteiger partial charge in [0.2, 0.25) is 0 Å². The Morgan fingerprint density at radius 3 is 2.71 bits per heavy atom. The normalized spacial score (nSPS) is 22.7. The Morgan fingerprint density at radius 2 is 2.00 bits per heavy atom. The first kappa shape index (κ1) is 15.0. The minimum absolute atomic E-state index is 0.709. The number of nitrogens with zero attached hydrogens (tertiary/aromatic N) is 1. The van der Waals surface area contributed by atoms with Crippen LogP contribution in [0.3, 0.4) is 0 Å². The maximum absolute atomic E-state index is 5.59. The first-order chi connectivity index (χ1) is 10.3. The molecular weight excluding hydrogens is 260 g/mol. The fourth-order valence-electron chi connectivity index (χ4n) is 3.17. The van der Waals surface area contributed by atoms with Crippen molar-refractivity contribution < 1.29 is 4.74 Å². The molecular formula is C18H28N2O. The van der Waals surface area contributed by atoms with E-state index in [1.165, 1.54) is 36.8 Å². The summed E-state index contributed by atoms with van der Waals surface area (Å²) in [5, 5.41) is 3.63. The molecule has 1 N–H and O–H groups in total. The highest BCUT2D eigenvalue weighted by atomic mass is 16.5. The van der Waals surface area contributed by atoms with E-state index in [2.05, 4.69) is 41.5 Å². The molecule has 0 bridgehead atoms. The zero-order valence-electron chi connectivity index (χ0n) is 13.2. The summed E-state index contributed by atoms with van der Waals surface area (Å²) < 4.78 is 5.59. The van der Waals surface area contributed by atoms with Crippen molar-refractivity contribution in [2.75, 3.05) is 26.8 Å². The molecule has 3 nitrogen and oxygen atoms in total. The zero-order chi connectivity index (χ0) is 14.5. The topological polar surface area (TPSA) is 24.5 Å². The van der Waals surface area contributed by atoms with E-state index in [9.17, 15) is 0 Å². The molecule has 1 saturated carbocycles. The van der Waals surface area contributed by atoms with Crippen LogP contribution in [-0.4, -0.2) is 37.7 Å². The van der Waals surface area contributed by atoms with Gasteiger partial charge in [0, 0.05) is 32.3 Å². The Kier molecular flexibility index (Phi) is 5.28. The smallest absolute Gasteiger partial charge is 0.0506 e. The molecule has 0 aromatic heterocycles. The summed E-state index contributed by atoms with van der Waals surface area (Å²) in [5.41, 5.74) is 2.92. The lowest BCUT2D eigenvalue weighted by molar-refractivity contribution is 0.0411. The van der Waals surface area contributed by atoms with Crippen LogP contribution in [0.1, 0.15) is 36.8 Å². The number of hydrogen-bond acceptors (Lipinski definition) is 3. The molecule has 116 valence electrons. The van der Waals surface area contributed by atoms with E-state index in [-0.39, 0.29) is 0 Å². The van der Waals surface area contributed by atoms with Crippen molar-refractivity contribution in [1.29, 1.82) is 0 Å². The molecule has 1 atom stereocenters. The molecule has 2 fully saturated rings. The molecule has 1 aliphatic heterocycles. The second-order valence-electron chi connectivity index (χ2n) is 6.70. The Labute approximate surface area is 128 Å². The highest BCUT2D eigenvalue weighted by molar-refractivity contribution is 5.27. The first-order valence-electron chi connectivity index (χ1n) is 8.37. The van der Waals surface area contributed by atoms with Gasteiger partial charge in [0.15, 0.2) is 0 Å². The van der Waals surface area contributed by atoms with Crippen molar-refractivity contribution in [2.45, 2.75) is 44.8 Å². The van der Waals surface area contributed by atoms with Gasteiger partial charge in [0.1, 0.15) is 0 Å². The van der Waals surface area contributed by atoms with Gasteiger partial charge in [-0.15, -0.1) is 0 Å². The standard InChI is InChI=1S/C18H28N2O/c1-20(12-15-5-4-10-21-14-15)13-17-7-3-2-6-16(17)11-19-18-8-9-18/h2-3,6-7,15,18-19H,4-5,8-14H2,1H3. The van der Waals surface area contributed by atoms with Crippen LogP contribution in [0.25, 0.3) is 0 Å². The van der Waals surface area contributed by atoms with Crippen LogP contribution in [0.5, 0.6) is 0 Å². The third-order valence-corrected chi connectivity index (χ3v) is 4.54. The zero-order valence-corrected chi connectivity index (χ0v) is 13.2. The molecule has 0 spiro atoms. The third kappa shape index (κ3) is 4.80. The molecule has 0 radical (unpaired) electrons. The Hall–Kier alpha value is -0.900. The van der Waals surface area contributed by atoms with Crippen LogP contribution < -0.4 is 5.32 Å². The van der Waals surface area contributed by atoms with Crippen molar-refractivity contribution in [2.24, 2.45) is 5.92 Å². The number of benzene rings is 1. The second-order valence-corrected chi connectivity index (χ2v) is 6.70.